The van der Waals surface area contributed by atoms with Crippen LogP contribution in [0.2, 0.25) is 0 Å². The third-order valence-corrected chi connectivity index (χ3v) is 1.81. The molecule has 0 amide bonds. The SMILES string of the molecule is COc1cc(C)c(CF)nc1OC(F)(F)F. The van der Waals surface area contributed by atoms with Crippen LogP contribution in [0.5, 0.6) is 11.6 Å². The lowest BCUT2D eigenvalue weighted by Gasteiger charge is -2.13. The van der Waals surface area contributed by atoms with E-state index in [1.807, 2.05) is 0 Å². The van der Waals surface area contributed by atoms with Crippen LogP contribution in [0.15, 0.2) is 6.07 Å². The zero-order valence-corrected chi connectivity index (χ0v) is 8.56. The molecule has 7 heteroatoms. The van der Waals surface area contributed by atoms with E-state index in [2.05, 4.69) is 14.5 Å². The first-order chi connectivity index (χ1) is 7.37. The van der Waals surface area contributed by atoms with Gasteiger partial charge >= 0.3 is 6.36 Å². The van der Waals surface area contributed by atoms with Gasteiger partial charge in [-0.15, -0.1) is 13.2 Å². The minimum absolute atomic E-state index is 0.111. The van der Waals surface area contributed by atoms with Crippen molar-refractivity contribution in [2.75, 3.05) is 7.11 Å². The number of pyridine rings is 1. The van der Waals surface area contributed by atoms with Gasteiger partial charge in [0.25, 0.3) is 5.88 Å². The average Bonchev–Trinajstić information content (AvgIpc) is 2.18. The van der Waals surface area contributed by atoms with Crippen molar-refractivity contribution in [2.24, 2.45) is 0 Å². The summed E-state index contributed by atoms with van der Waals surface area (Å²) in [6.45, 7) is 0.547. The maximum atomic E-state index is 12.4. The van der Waals surface area contributed by atoms with Gasteiger partial charge in [-0.25, -0.2) is 9.37 Å². The molecule has 0 atom stereocenters. The monoisotopic (exact) mass is 239 g/mol. The van der Waals surface area contributed by atoms with Crippen molar-refractivity contribution in [3.05, 3.63) is 17.3 Å². The molecular weight excluding hydrogens is 230 g/mol. The average molecular weight is 239 g/mol. The number of ether oxygens (including phenoxy) is 2. The highest BCUT2D eigenvalue weighted by atomic mass is 19.4. The van der Waals surface area contributed by atoms with E-state index in [1.165, 1.54) is 20.1 Å². The Morgan fingerprint density at radius 2 is 2.00 bits per heavy atom. The van der Waals surface area contributed by atoms with Crippen LogP contribution in [0.3, 0.4) is 0 Å². The molecule has 0 unspecified atom stereocenters. The van der Waals surface area contributed by atoms with Crippen molar-refractivity contribution in [2.45, 2.75) is 20.0 Å². The number of methoxy groups -OCH3 is 1. The summed E-state index contributed by atoms with van der Waals surface area (Å²) in [5, 5.41) is 0. The highest BCUT2D eigenvalue weighted by Gasteiger charge is 2.33. The summed E-state index contributed by atoms with van der Waals surface area (Å²) in [5.41, 5.74) is 0.286. The van der Waals surface area contributed by atoms with E-state index < -0.39 is 18.9 Å². The summed E-state index contributed by atoms with van der Waals surface area (Å²) in [6.07, 6.45) is -4.89. The summed E-state index contributed by atoms with van der Waals surface area (Å²) in [4.78, 5) is 3.40. The molecule has 0 aliphatic heterocycles. The summed E-state index contributed by atoms with van der Waals surface area (Å²) < 4.78 is 56.6. The van der Waals surface area contributed by atoms with Crippen LogP contribution >= 0.6 is 0 Å². The van der Waals surface area contributed by atoms with Gasteiger partial charge in [0.15, 0.2) is 5.75 Å². The molecule has 0 radical (unpaired) electrons. The Morgan fingerprint density at radius 3 is 2.44 bits per heavy atom. The van der Waals surface area contributed by atoms with E-state index in [4.69, 9.17) is 0 Å². The van der Waals surface area contributed by atoms with Gasteiger partial charge in [0.05, 0.1) is 12.8 Å². The van der Waals surface area contributed by atoms with E-state index in [-0.39, 0.29) is 11.4 Å². The fraction of sp³-hybridized carbons (Fsp3) is 0.444. The Kier molecular flexibility index (Phi) is 3.56. The van der Waals surface area contributed by atoms with E-state index in [1.54, 1.807) is 0 Å². The fourth-order valence-corrected chi connectivity index (χ4v) is 1.07. The molecule has 0 aliphatic rings. The van der Waals surface area contributed by atoms with Crippen molar-refractivity contribution >= 4 is 0 Å². The van der Waals surface area contributed by atoms with Crippen LogP contribution < -0.4 is 9.47 Å². The molecule has 1 aromatic heterocycles. The number of aryl methyl sites for hydroxylation is 1. The second-order valence-corrected chi connectivity index (χ2v) is 2.94. The van der Waals surface area contributed by atoms with Crippen molar-refractivity contribution in [3.8, 4) is 11.6 Å². The molecule has 3 nitrogen and oxygen atoms in total. The molecular formula is C9H9F4NO2. The highest BCUT2D eigenvalue weighted by molar-refractivity contribution is 5.39. The standard InChI is InChI=1S/C9H9F4NO2/c1-5-3-7(15-2)8(14-6(5)4-10)16-9(11,12)13/h3H,4H2,1-2H3. The first kappa shape index (κ1) is 12.5. The largest absolute Gasteiger partial charge is 0.574 e. The Hall–Kier alpha value is -1.53. The van der Waals surface area contributed by atoms with Gasteiger partial charge in [-0.05, 0) is 18.6 Å². The first-order valence-electron chi connectivity index (χ1n) is 4.23. The summed E-state index contributed by atoms with van der Waals surface area (Å²) in [5.74, 6) is -0.972. The molecule has 0 saturated carbocycles. The number of alkyl halides is 4. The lowest BCUT2D eigenvalue weighted by atomic mass is 10.2. The maximum Gasteiger partial charge on any atom is 0.574 e. The number of hydrogen-bond donors (Lipinski definition) is 0. The predicted molar refractivity (Wildman–Crippen MR) is 47.0 cm³/mol. The molecule has 1 rings (SSSR count). The Balaban J connectivity index is 3.15. The van der Waals surface area contributed by atoms with Gasteiger partial charge in [-0.1, -0.05) is 0 Å². The van der Waals surface area contributed by atoms with Gasteiger partial charge in [-0.3, -0.25) is 0 Å². The van der Waals surface area contributed by atoms with E-state index in [0.29, 0.717) is 5.56 Å². The zero-order chi connectivity index (χ0) is 12.3. The minimum atomic E-state index is -4.89. The smallest absolute Gasteiger partial charge is 0.491 e. The van der Waals surface area contributed by atoms with Gasteiger partial charge in [0.1, 0.15) is 6.67 Å². The minimum Gasteiger partial charge on any atom is -0.491 e. The summed E-state index contributed by atoms with van der Waals surface area (Å²) >= 11 is 0. The number of halogens is 4. The van der Waals surface area contributed by atoms with Crippen molar-refractivity contribution in [3.63, 3.8) is 0 Å². The molecule has 0 N–H and O–H groups in total. The van der Waals surface area contributed by atoms with Gasteiger partial charge in [-0.2, -0.15) is 0 Å². The quantitative estimate of drug-likeness (QED) is 0.760. The molecule has 1 heterocycles. The molecule has 0 aromatic carbocycles. The zero-order valence-electron chi connectivity index (χ0n) is 8.56. The van der Waals surface area contributed by atoms with E-state index >= 15 is 0 Å². The second kappa shape index (κ2) is 4.54. The lowest BCUT2D eigenvalue weighted by molar-refractivity contribution is -0.276. The topological polar surface area (TPSA) is 31.4 Å². The van der Waals surface area contributed by atoms with E-state index in [9.17, 15) is 17.6 Å². The molecule has 90 valence electrons. The molecule has 0 fully saturated rings. The molecule has 0 aliphatic carbocycles. The Labute approximate surface area is 89.0 Å². The fourth-order valence-electron chi connectivity index (χ4n) is 1.07. The molecule has 0 bridgehead atoms. The van der Waals surface area contributed by atoms with Crippen molar-refractivity contribution in [1.82, 2.24) is 4.98 Å². The number of nitrogens with zero attached hydrogens (tertiary/aromatic N) is 1. The first-order valence-corrected chi connectivity index (χ1v) is 4.23. The van der Waals surface area contributed by atoms with Crippen LogP contribution in [-0.4, -0.2) is 18.5 Å². The van der Waals surface area contributed by atoms with Crippen molar-refractivity contribution in [1.29, 1.82) is 0 Å². The number of hydrogen-bond acceptors (Lipinski definition) is 3. The third kappa shape index (κ3) is 2.98. The number of aromatic nitrogens is 1. The van der Waals surface area contributed by atoms with Crippen LogP contribution in [0.25, 0.3) is 0 Å². The Morgan fingerprint density at radius 1 is 1.38 bits per heavy atom. The highest BCUT2D eigenvalue weighted by Crippen LogP contribution is 2.31. The van der Waals surface area contributed by atoms with Gasteiger partial charge in [0.2, 0.25) is 0 Å². The normalized spacial score (nSPS) is 11.4. The van der Waals surface area contributed by atoms with Crippen LogP contribution in [0, 0.1) is 6.92 Å². The predicted octanol–water partition coefficient (Wildman–Crippen LogP) is 2.77. The summed E-state index contributed by atoms with van der Waals surface area (Å²) in [7, 11) is 1.18. The molecule has 1 aromatic rings. The molecule has 16 heavy (non-hydrogen) atoms. The maximum absolute atomic E-state index is 12.4. The second-order valence-electron chi connectivity index (χ2n) is 2.94. The molecule has 0 saturated heterocycles. The van der Waals surface area contributed by atoms with Crippen LogP contribution in [-0.2, 0) is 6.67 Å². The number of rotatable bonds is 3. The van der Waals surface area contributed by atoms with E-state index in [0.717, 1.165) is 0 Å². The van der Waals surface area contributed by atoms with Gasteiger partial charge in [0, 0.05) is 0 Å². The Bertz CT molecular complexity index is 379. The third-order valence-electron chi connectivity index (χ3n) is 1.81. The van der Waals surface area contributed by atoms with Crippen molar-refractivity contribution < 1.29 is 27.0 Å². The lowest BCUT2D eigenvalue weighted by Crippen LogP contribution is -2.19. The van der Waals surface area contributed by atoms with Crippen LogP contribution in [0.4, 0.5) is 17.6 Å². The van der Waals surface area contributed by atoms with Crippen LogP contribution in [0.1, 0.15) is 11.3 Å². The summed E-state index contributed by atoms with van der Waals surface area (Å²) in [6, 6.07) is 1.24. The van der Waals surface area contributed by atoms with Gasteiger partial charge < -0.3 is 9.47 Å². The molecule has 0 spiro atoms.